The molecule has 0 aliphatic carbocycles. The standard InChI is InChI=1S/C29H28O8/c1-35-27-12-7-21(15-26(27)34)13-14-37-29-17-20(6-11-25(29)33)4-9-23(31)18-22(30)8-3-19-5-10-24(32)28(16-19)36-2/h3-12,15-17,32-34H,13-14,18H2,1-2H3/b8-3+,9-4+. The van der Waals surface area contributed by atoms with Gasteiger partial charge >= 0.3 is 0 Å². The zero-order valence-electron chi connectivity index (χ0n) is 20.5. The number of benzene rings is 3. The molecule has 0 radical (unpaired) electrons. The minimum absolute atomic E-state index is 0.00777. The molecule has 0 aliphatic heterocycles. The van der Waals surface area contributed by atoms with Crippen molar-refractivity contribution in [3.63, 3.8) is 0 Å². The fourth-order valence-electron chi connectivity index (χ4n) is 3.39. The Labute approximate surface area is 214 Å². The SMILES string of the molecule is COc1ccc(CCOc2cc(/C=C/C(=O)CC(=O)/C=C/c3ccc(O)c(OC)c3)ccc2O)cc1O. The number of carbonyl (C=O) groups is 2. The largest absolute Gasteiger partial charge is 0.504 e. The first-order chi connectivity index (χ1) is 17.8. The minimum Gasteiger partial charge on any atom is -0.504 e. The van der Waals surface area contributed by atoms with E-state index in [0.717, 1.165) is 5.56 Å². The number of phenolic OH excluding ortho intramolecular Hbond substituents is 3. The van der Waals surface area contributed by atoms with E-state index in [1.54, 1.807) is 36.4 Å². The van der Waals surface area contributed by atoms with E-state index in [1.165, 1.54) is 50.7 Å². The summed E-state index contributed by atoms with van der Waals surface area (Å²) < 4.78 is 15.7. The van der Waals surface area contributed by atoms with Crippen molar-refractivity contribution in [2.45, 2.75) is 12.8 Å². The number of ether oxygens (including phenoxy) is 3. The molecular weight excluding hydrogens is 476 g/mol. The van der Waals surface area contributed by atoms with Crippen LogP contribution in [0.2, 0.25) is 0 Å². The first kappa shape index (κ1) is 26.9. The molecule has 0 bridgehead atoms. The van der Waals surface area contributed by atoms with Crippen molar-refractivity contribution < 1.29 is 39.1 Å². The number of aromatic hydroxyl groups is 3. The second-order valence-corrected chi connectivity index (χ2v) is 8.04. The lowest BCUT2D eigenvalue weighted by Gasteiger charge is -2.10. The van der Waals surface area contributed by atoms with Crippen molar-refractivity contribution in [3.8, 4) is 34.5 Å². The normalized spacial score (nSPS) is 11.1. The summed E-state index contributed by atoms with van der Waals surface area (Å²) in [6.45, 7) is 0.249. The number of ketones is 2. The van der Waals surface area contributed by atoms with Gasteiger partial charge in [-0.2, -0.15) is 0 Å². The molecule has 0 saturated carbocycles. The topological polar surface area (TPSA) is 123 Å². The Bertz CT molecular complexity index is 1320. The number of methoxy groups -OCH3 is 2. The van der Waals surface area contributed by atoms with Gasteiger partial charge in [0, 0.05) is 6.42 Å². The van der Waals surface area contributed by atoms with Crippen LogP contribution in [0.3, 0.4) is 0 Å². The number of carbonyl (C=O) groups excluding carboxylic acids is 2. The highest BCUT2D eigenvalue weighted by molar-refractivity contribution is 6.10. The number of allylic oxidation sites excluding steroid dienone is 2. The van der Waals surface area contributed by atoms with Crippen molar-refractivity contribution in [1.29, 1.82) is 0 Å². The Morgan fingerprint density at radius 3 is 1.84 bits per heavy atom. The van der Waals surface area contributed by atoms with E-state index in [9.17, 15) is 24.9 Å². The number of hydrogen-bond donors (Lipinski definition) is 3. The molecule has 0 unspecified atom stereocenters. The van der Waals surface area contributed by atoms with Crippen LogP contribution in [0.4, 0.5) is 0 Å². The average Bonchev–Trinajstić information content (AvgIpc) is 2.88. The van der Waals surface area contributed by atoms with Crippen LogP contribution >= 0.6 is 0 Å². The molecule has 3 aromatic rings. The summed E-state index contributed by atoms with van der Waals surface area (Å²) in [5.41, 5.74) is 2.09. The summed E-state index contributed by atoms with van der Waals surface area (Å²) in [6.07, 6.45) is 5.86. The third kappa shape index (κ3) is 7.90. The molecule has 8 heteroatoms. The molecular formula is C29H28O8. The van der Waals surface area contributed by atoms with Crippen molar-refractivity contribution in [1.82, 2.24) is 0 Å². The number of hydrogen-bond acceptors (Lipinski definition) is 8. The highest BCUT2D eigenvalue weighted by Gasteiger charge is 2.08. The van der Waals surface area contributed by atoms with E-state index < -0.39 is 0 Å². The van der Waals surface area contributed by atoms with E-state index >= 15 is 0 Å². The Kier molecular flexibility index (Phi) is 9.32. The molecule has 37 heavy (non-hydrogen) atoms. The van der Waals surface area contributed by atoms with Crippen LogP contribution in [0.25, 0.3) is 12.2 Å². The predicted molar refractivity (Wildman–Crippen MR) is 139 cm³/mol. The third-order valence-electron chi connectivity index (χ3n) is 5.35. The van der Waals surface area contributed by atoms with Crippen LogP contribution in [-0.2, 0) is 16.0 Å². The van der Waals surface area contributed by atoms with E-state index in [2.05, 4.69) is 0 Å². The van der Waals surface area contributed by atoms with E-state index in [-0.39, 0.29) is 53.3 Å². The van der Waals surface area contributed by atoms with Crippen LogP contribution in [0.1, 0.15) is 23.1 Å². The molecule has 0 heterocycles. The van der Waals surface area contributed by atoms with Crippen LogP contribution in [0, 0.1) is 0 Å². The average molecular weight is 505 g/mol. The Balaban J connectivity index is 1.54. The zero-order chi connectivity index (χ0) is 26.8. The van der Waals surface area contributed by atoms with Crippen molar-refractivity contribution in [3.05, 3.63) is 83.4 Å². The van der Waals surface area contributed by atoms with Gasteiger partial charge in [0.2, 0.25) is 0 Å². The monoisotopic (exact) mass is 504 g/mol. The maximum absolute atomic E-state index is 12.2. The highest BCUT2D eigenvalue weighted by atomic mass is 16.5. The predicted octanol–water partition coefficient (Wildman–Crippen LogP) is 4.70. The van der Waals surface area contributed by atoms with Crippen LogP contribution in [0.5, 0.6) is 34.5 Å². The second kappa shape index (κ2) is 12.8. The molecule has 8 nitrogen and oxygen atoms in total. The van der Waals surface area contributed by atoms with Gasteiger partial charge in [-0.3, -0.25) is 9.59 Å². The molecule has 3 rings (SSSR count). The molecule has 0 amide bonds. The van der Waals surface area contributed by atoms with Crippen LogP contribution in [0.15, 0.2) is 66.7 Å². The maximum atomic E-state index is 12.2. The molecule has 0 fully saturated rings. The van der Waals surface area contributed by atoms with Crippen LogP contribution < -0.4 is 14.2 Å². The summed E-state index contributed by atoms with van der Waals surface area (Å²) in [5.74, 6) is 0.135. The molecule has 0 atom stereocenters. The van der Waals surface area contributed by atoms with Gasteiger partial charge in [-0.1, -0.05) is 30.4 Å². The Morgan fingerprint density at radius 1 is 0.703 bits per heavy atom. The quantitative estimate of drug-likeness (QED) is 0.240. The summed E-state index contributed by atoms with van der Waals surface area (Å²) in [5, 5.41) is 29.6. The van der Waals surface area contributed by atoms with Gasteiger partial charge in [0.05, 0.1) is 27.2 Å². The van der Waals surface area contributed by atoms with Gasteiger partial charge in [0.15, 0.2) is 46.1 Å². The molecule has 0 saturated heterocycles. The Morgan fingerprint density at radius 2 is 1.27 bits per heavy atom. The van der Waals surface area contributed by atoms with Crippen LogP contribution in [-0.4, -0.2) is 47.7 Å². The second-order valence-electron chi connectivity index (χ2n) is 8.04. The van der Waals surface area contributed by atoms with Gasteiger partial charge in [0.25, 0.3) is 0 Å². The lowest BCUT2D eigenvalue weighted by molar-refractivity contribution is -0.121. The summed E-state index contributed by atoms with van der Waals surface area (Å²) in [7, 11) is 2.90. The molecule has 0 spiro atoms. The fourth-order valence-corrected chi connectivity index (χ4v) is 3.39. The fraction of sp³-hybridized carbons (Fsp3) is 0.172. The van der Waals surface area contributed by atoms with Gasteiger partial charge < -0.3 is 29.5 Å². The van der Waals surface area contributed by atoms with Crippen molar-refractivity contribution in [2.75, 3.05) is 20.8 Å². The lowest BCUT2D eigenvalue weighted by atomic mass is 10.1. The van der Waals surface area contributed by atoms with E-state index in [1.807, 2.05) is 6.07 Å². The smallest absolute Gasteiger partial charge is 0.163 e. The van der Waals surface area contributed by atoms with Crippen molar-refractivity contribution >= 4 is 23.7 Å². The summed E-state index contributed by atoms with van der Waals surface area (Å²) in [6, 6.07) is 14.4. The first-order valence-corrected chi connectivity index (χ1v) is 11.4. The highest BCUT2D eigenvalue weighted by Crippen LogP contribution is 2.29. The van der Waals surface area contributed by atoms with E-state index in [0.29, 0.717) is 23.3 Å². The molecule has 192 valence electrons. The summed E-state index contributed by atoms with van der Waals surface area (Å²) in [4.78, 5) is 24.4. The number of phenols is 3. The maximum Gasteiger partial charge on any atom is 0.163 e. The van der Waals surface area contributed by atoms with Crippen molar-refractivity contribution in [2.24, 2.45) is 0 Å². The van der Waals surface area contributed by atoms with Gasteiger partial charge in [-0.25, -0.2) is 0 Å². The third-order valence-corrected chi connectivity index (χ3v) is 5.35. The first-order valence-electron chi connectivity index (χ1n) is 11.4. The van der Waals surface area contributed by atoms with Gasteiger partial charge in [-0.05, 0) is 65.2 Å². The zero-order valence-corrected chi connectivity index (χ0v) is 20.5. The Hall–Kier alpha value is -4.72. The molecule has 0 aromatic heterocycles. The van der Waals surface area contributed by atoms with Gasteiger partial charge in [0.1, 0.15) is 0 Å². The number of rotatable bonds is 12. The lowest BCUT2D eigenvalue weighted by Crippen LogP contribution is -2.02. The molecule has 3 N–H and O–H groups in total. The van der Waals surface area contributed by atoms with E-state index in [4.69, 9.17) is 14.2 Å². The molecule has 3 aromatic carbocycles. The van der Waals surface area contributed by atoms with Gasteiger partial charge in [-0.15, -0.1) is 0 Å². The summed E-state index contributed by atoms with van der Waals surface area (Å²) >= 11 is 0. The minimum atomic E-state index is -0.382. The molecule has 0 aliphatic rings.